The molecule has 0 amide bonds. The molecule has 0 fully saturated rings. The van der Waals surface area contributed by atoms with E-state index < -0.39 is 23.8 Å². The third kappa shape index (κ3) is 4.07. The van der Waals surface area contributed by atoms with Crippen molar-refractivity contribution in [1.29, 1.82) is 0 Å². The van der Waals surface area contributed by atoms with Crippen LogP contribution in [0.5, 0.6) is 0 Å². The lowest BCUT2D eigenvalue weighted by molar-refractivity contribution is -0.162. The Labute approximate surface area is 110 Å². The van der Waals surface area contributed by atoms with Gasteiger partial charge in [0, 0.05) is 0 Å². The van der Waals surface area contributed by atoms with Gasteiger partial charge in [-0.25, -0.2) is 4.79 Å². The summed E-state index contributed by atoms with van der Waals surface area (Å²) in [6.07, 6.45) is -0.434. The zero-order valence-electron chi connectivity index (χ0n) is 10.9. The molecule has 18 heavy (non-hydrogen) atoms. The molecular weight excluding hydrogens is 252 g/mol. The minimum Gasteiger partial charge on any atom is -0.454 e. The van der Waals surface area contributed by atoms with E-state index in [0.29, 0.717) is 4.88 Å². The standard InChI is InChI=1S/C13H16O4S/c1-8-5-6-18-11(8)9(14)7-10(15)12(16)17-13(2,3)4/h5-6H,7H2,1-4H3. The number of carbonyl (C=O) groups excluding carboxylic acids is 3. The van der Waals surface area contributed by atoms with Crippen molar-refractivity contribution >= 4 is 28.9 Å². The minimum absolute atomic E-state index is 0.335. The number of Topliss-reactive ketones (excluding diaryl/α,β-unsaturated/α-hetero) is 2. The molecule has 0 aliphatic rings. The first-order valence-corrected chi connectivity index (χ1v) is 6.42. The molecular formula is C13H16O4S. The molecule has 0 radical (unpaired) electrons. The third-order valence-electron chi connectivity index (χ3n) is 2.06. The maximum Gasteiger partial charge on any atom is 0.375 e. The molecule has 5 heteroatoms. The average molecular weight is 268 g/mol. The highest BCUT2D eigenvalue weighted by Crippen LogP contribution is 2.18. The Morgan fingerprint density at radius 2 is 1.89 bits per heavy atom. The Morgan fingerprint density at radius 3 is 2.33 bits per heavy atom. The highest BCUT2D eigenvalue weighted by atomic mass is 32.1. The van der Waals surface area contributed by atoms with Crippen LogP contribution in [-0.2, 0) is 14.3 Å². The summed E-state index contributed by atoms with van der Waals surface area (Å²) in [5.41, 5.74) is 0.0937. The van der Waals surface area contributed by atoms with Gasteiger partial charge in [-0.1, -0.05) is 0 Å². The number of thiophene rings is 1. The molecule has 1 heterocycles. The summed E-state index contributed by atoms with van der Waals surface area (Å²) in [7, 11) is 0. The van der Waals surface area contributed by atoms with Gasteiger partial charge in [-0.2, -0.15) is 0 Å². The van der Waals surface area contributed by atoms with Gasteiger partial charge in [0.05, 0.1) is 11.3 Å². The van der Waals surface area contributed by atoms with E-state index >= 15 is 0 Å². The molecule has 0 aliphatic carbocycles. The normalized spacial score (nSPS) is 11.1. The van der Waals surface area contributed by atoms with Crippen LogP contribution in [-0.4, -0.2) is 23.1 Å². The first-order valence-electron chi connectivity index (χ1n) is 5.54. The molecule has 1 aromatic rings. The number of aryl methyl sites for hydroxylation is 1. The van der Waals surface area contributed by atoms with E-state index in [1.807, 2.05) is 0 Å². The monoisotopic (exact) mass is 268 g/mol. The molecule has 1 aromatic heterocycles. The smallest absolute Gasteiger partial charge is 0.375 e. The fourth-order valence-electron chi connectivity index (χ4n) is 1.29. The predicted molar refractivity (Wildman–Crippen MR) is 68.9 cm³/mol. The van der Waals surface area contributed by atoms with Crippen LogP contribution in [0.2, 0.25) is 0 Å². The lowest BCUT2D eigenvalue weighted by Gasteiger charge is -2.18. The molecule has 1 rings (SSSR count). The average Bonchev–Trinajstić information content (AvgIpc) is 2.61. The van der Waals surface area contributed by atoms with Crippen molar-refractivity contribution in [3.05, 3.63) is 21.9 Å². The van der Waals surface area contributed by atoms with E-state index in [-0.39, 0.29) is 5.78 Å². The van der Waals surface area contributed by atoms with Gasteiger partial charge in [0.15, 0.2) is 5.78 Å². The van der Waals surface area contributed by atoms with Crippen LogP contribution in [0.15, 0.2) is 11.4 Å². The van der Waals surface area contributed by atoms with Crippen LogP contribution in [0, 0.1) is 6.92 Å². The maximum absolute atomic E-state index is 11.8. The van der Waals surface area contributed by atoms with E-state index in [2.05, 4.69) is 0 Å². The highest BCUT2D eigenvalue weighted by molar-refractivity contribution is 7.12. The Hall–Kier alpha value is -1.49. The molecule has 0 N–H and O–H groups in total. The molecule has 0 aromatic carbocycles. The molecule has 0 saturated carbocycles. The van der Waals surface area contributed by atoms with E-state index in [9.17, 15) is 14.4 Å². The van der Waals surface area contributed by atoms with Crippen LogP contribution in [0.4, 0.5) is 0 Å². The SMILES string of the molecule is Cc1ccsc1C(=O)CC(=O)C(=O)OC(C)(C)C. The maximum atomic E-state index is 11.8. The minimum atomic E-state index is -0.954. The molecule has 0 bridgehead atoms. The number of ether oxygens (including phenoxy) is 1. The van der Waals surface area contributed by atoms with Gasteiger partial charge in [0.1, 0.15) is 5.60 Å². The van der Waals surface area contributed by atoms with Crippen molar-refractivity contribution < 1.29 is 19.1 Å². The molecule has 98 valence electrons. The molecule has 0 spiro atoms. The first kappa shape index (κ1) is 14.6. The first-order chi connectivity index (χ1) is 8.20. The summed E-state index contributed by atoms with van der Waals surface area (Å²) in [4.78, 5) is 35.3. The van der Waals surface area contributed by atoms with Gasteiger partial charge in [-0.3, -0.25) is 9.59 Å². The Balaban J connectivity index is 2.64. The van der Waals surface area contributed by atoms with Crippen molar-refractivity contribution in [3.8, 4) is 0 Å². The Morgan fingerprint density at radius 1 is 1.28 bits per heavy atom. The number of hydrogen-bond acceptors (Lipinski definition) is 5. The van der Waals surface area contributed by atoms with Gasteiger partial charge in [0.25, 0.3) is 0 Å². The van der Waals surface area contributed by atoms with Gasteiger partial charge >= 0.3 is 5.97 Å². The second kappa shape index (κ2) is 5.44. The van der Waals surface area contributed by atoms with Gasteiger partial charge in [0.2, 0.25) is 5.78 Å². The summed E-state index contributed by atoms with van der Waals surface area (Å²) in [5, 5.41) is 1.78. The van der Waals surface area contributed by atoms with E-state index in [1.165, 1.54) is 11.3 Å². The summed E-state index contributed by atoms with van der Waals surface area (Å²) < 4.78 is 4.91. The van der Waals surface area contributed by atoms with Gasteiger partial charge in [-0.05, 0) is 44.7 Å². The van der Waals surface area contributed by atoms with Crippen molar-refractivity contribution in [2.75, 3.05) is 0 Å². The lowest BCUT2D eigenvalue weighted by atomic mass is 10.1. The summed E-state index contributed by atoms with van der Waals surface area (Å²) >= 11 is 1.27. The summed E-state index contributed by atoms with van der Waals surface area (Å²) in [5.74, 6) is -2.09. The van der Waals surface area contributed by atoms with E-state index in [4.69, 9.17) is 4.74 Å². The van der Waals surface area contributed by atoms with Gasteiger partial charge in [-0.15, -0.1) is 11.3 Å². The third-order valence-corrected chi connectivity index (χ3v) is 3.12. The topological polar surface area (TPSA) is 60.4 Å². The van der Waals surface area contributed by atoms with Crippen LogP contribution < -0.4 is 0 Å². The Bertz CT molecular complexity index is 479. The quantitative estimate of drug-likeness (QED) is 0.364. The van der Waals surface area contributed by atoms with E-state index in [0.717, 1.165) is 5.56 Å². The summed E-state index contributed by atoms with van der Waals surface area (Å²) in [6.45, 7) is 6.80. The molecule has 4 nitrogen and oxygen atoms in total. The van der Waals surface area contributed by atoms with Crippen LogP contribution in [0.3, 0.4) is 0 Å². The molecule has 0 aliphatic heterocycles. The van der Waals surface area contributed by atoms with Crippen LogP contribution >= 0.6 is 11.3 Å². The number of esters is 1. The zero-order chi connectivity index (χ0) is 13.9. The molecule has 0 saturated heterocycles. The number of ketones is 2. The van der Waals surface area contributed by atoms with Crippen molar-refractivity contribution in [2.24, 2.45) is 0 Å². The molecule has 0 unspecified atom stereocenters. The second-order valence-electron chi connectivity index (χ2n) is 4.96. The number of rotatable bonds is 4. The van der Waals surface area contributed by atoms with Crippen molar-refractivity contribution in [2.45, 2.75) is 39.7 Å². The largest absolute Gasteiger partial charge is 0.454 e. The lowest BCUT2D eigenvalue weighted by Crippen LogP contribution is -2.30. The van der Waals surface area contributed by atoms with Crippen molar-refractivity contribution in [3.63, 3.8) is 0 Å². The predicted octanol–water partition coefficient (Wildman–Crippen LogP) is 2.54. The highest BCUT2D eigenvalue weighted by Gasteiger charge is 2.25. The number of carbonyl (C=O) groups is 3. The van der Waals surface area contributed by atoms with Gasteiger partial charge < -0.3 is 4.74 Å². The second-order valence-corrected chi connectivity index (χ2v) is 5.87. The number of hydrogen-bond donors (Lipinski definition) is 0. The van der Waals surface area contributed by atoms with Crippen LogP contribution in [0.25, 0.3) is 0 Å². The Kier molecular flexibility index (Phi) is 4.40. The van der Waals surface area contributed by atoms with Crippen LogP contribution in [0.1, 0.15) is 42.4 Å². The fraction of sp³-hybridized carbons (Fsp3) is 0.462. The van der Waals surface area contributed by atoms with Crippen molar-refractivity contribution in [1.82, 2.24) is 0 Å². The zero-order valence-corrected chi connectivity index (χ0v) is 11.7. The fourth-order valence-corrected chi connectivity index (χ4v) is 2.16. The molecule has 0 atom stereocenters. The summed E-state index contributed by atoms with van der Waals surface area (Å²) in [6, 6.07) is 1.80. The van der Waals surface area contributed by atoms with E-state index in [1.54, 1.807) is 39.1 Å².